The third kappa shape index (κ3) is 4.63. The molecular weight excluding hydrogens is 274 g/mol. The van der Waals surface area contributed by atoms with Gasteiger partial charge in [0.2, 0.25) is 0 Å². The lowest BCUT2D eigenvalue weighted by Gasteiger charge is -2.14. The van der Waals surface area contributed by atoms with Crippen molar-refractivity contribution in [3.63, 3.8) is 0 Å². The van der Waals surface area contributed by atoms with Crippen LogP contribution in [0.4, 0.5) is 0 Å². The first kappa shape index (κ1) is 15.0. The molecule has 0 aliphatic heterocycles. The molecule has 1 aliphatic rings. The molecular formula is C15H21NO3S. The van der Waals surface area contributed by atoms with E-state index in [1.165, 1.54) is 44.2 Å². The molecule has 1 aliphatic carbocycles. The van der Waals surface area contributed by atoms with Crippen LogP contribution in [0.1, 0.15) is 44.9 Å². The Balaban J connectivity index is 1.91. The topological polar surface area (TPSA) is 55.7 Å². The molecule has 0 atom stereocenters. The van der Waals surface area contributed by atoms with Crippen LogP contribution in [-0.2, 0) is 14.4 Å². The van der Waals surface area contributed by atoms with Gasteiger partial charge in [0, 0.05) is 6.21 Å². The van der Waals surface area contributed by atoms with Gasteiger partial charge in [-0.25, -0.2) is 0 Å². The first-order valence-corrected chi connectivity index (χ1v) is 8.61. The molecule has 110 valence electrons. The van der Waals surface area contributed by atoms with E-state index in [9.17, 15) is 8.42 Å². The number of nitrogens with zero attached hydrogens (tertiary/aromatic N) is 1. The van der Waals surface area contributed by atoms with Crippen molar-refractivity contribution < 1.29 is 12.7 Å². The summed E-state index contributed by atoms with van der Waals surface area (Å²) in [5, 5.41) is 3.70. The average Bonchev–Trinajstić information content (AvgIpc) is 2.42. The van der Waals surface area contributed by atoms with Crippen molar-refractivity contribution in [1.29, 1.82) is 0 Å². The Hall–Kier alpha value is -1.36. The summed E-state index contributed by atoms with van der Waals surface area (Å²) in [7, 11) is -3.78. The summed E-state index contributed by atoms with van der Waals surface area (Å²) in [5.74, 6) is 0.335. The predicted molar refractivity (Wildman–Crippen MR) is 79.0 cm³/mol. The second kappa shape index (κ2) is 7.43. The van der Waals surface area contributed by atoms with Crippen LogP contribution >= 0.6 is 0 Å². The highest BCUT2D eigenvalue weighted by Gasteiger charge is 2.15. The van der Waals surface area contributed by atoms with Crippen molar-refractivity contribution in [1.82, 2.24) is 0 Å². The summed E-state index contributed by atoms with van der Waals surface area (Å²) in [5.41, 5.74) is 0. The van der Waals surface area contributed by atoms with Crippen LogP contribution in [0.25, 0.3) is 0 Å². The Morgan fingerprint density at radius 1 is 1.00 bits per heavy atom. The largest absolute Gasteiger partial charge is 0.358 e. The molecule has 1 fully saturated rings. The van der Waals surface area contributed by atoms with E-state index in [1.807, 2.05) is 0 Å². The molecule has 1 aromatic rings. The fraction of sp³-hybridized carbons (Fsp3) is 0.533. The van der Waals surface area contributed by atoms with Gasteiger partial charge in [-0.3, -0.25) is 4.28 Å². The minimum absolute atomic E-state index is 0.134. The minimum Gasteiger partial charge on any atom is -0.265 e. The molecule has 4 nitrogen and oxygen atoms in total. The van der Waals surface area contributed by atoms with Crippen molar-refractivity contribution in [3.8, 4) is 0 Å². The van der Waals surface area contributed by atoms with Gasteiger partial charge in [-0.1, -0.05) is 55.5 Å². The molecule has 2 rings (SSSR count). The van der Waals surface area contributed by atoms with Crippen LogP contribution in [0.15, 0.2) is 40.4 Å². The lowest BCUT2D eigenvalue weighted by Crippen LogP contribution is -2.07. The zero-order chi connectivity index (χ0) is 14.3. The molecule has 0 bridgehead atoms. The first-order chi connectivity index (χ1) is 9.68. The summed E-state index contributed by atoms with van der Waals surface area (Å²) >= 11 is 0. The lowest BCUT2D eigenvalue weighted by molar-refractivity contribution is 0.335. The van der Waals surface area contributed by atoms with Gasteiger partial charge in [-0.05, 0) is 30.9 Å². The molecule has 20 heavy (non-hydrogen) atoms. The van der Waals surface area contributed by atoms with E-state index < -0.39 is 10.1 Å². The Labute approximate surface area is 121 Å². The van der Waals surface area contributed by atoms with Gasteiger partial charge in [0.05, 0.1) is 0 Å². The van der Waals surface area contributed by atoms with E-state index in [0.717, 1.165) is 12.8 Å². The Morgan fingerprint density at radius 3 is 2.25 bits per heavy atom. The number of hydrogen-bond acceptors (Lipinski definition) is 4. The molecule has 0 amide bonds. The molecule has 0 heterocycles. The van der Waals surface area contributed by atoms with E-state index >= 15 is 0 Å². The van der Waals surface area contributed by atoms with E-state index in [4.69, 9.17) is 4.28 Å². The normalized spacial score (nSPS) is 18.6. The van der Waals surface area contributed by atoms with Gasteiger partial charge in [0.15, 0.2) is 0 Å². The zero-order valence-electron chi connectivity index (χ0n) is 11.6. The molecule has 5 heteroatoms. The van der Waals surface area contributed by atoms with Gasteiger partial charge < -0.3 is 0 Å². The molecule has 1 aromatic carbocycles. The van der Waals surface area contributed by atoms with E-state index in [0.29, 0.717) is 5.92 Å². The van der Waals surface area contributed by atoms with Crippen molar-refractivity contribution in [2.75, 3.05) is 0 Å². The quantitative estimate of drug-likeness (QED) is 0.628. The molecule has 0 radical (unpaired) electrons. The van der Waals surface area contributed by atoms with E-state index in [-0.39, 0.29) is 4.90 Å². The highest BCUT2D eigenvalue weighted by molar-refractivity contribution is 7.86. The molecule has 0 N–H and O–H groups in total. The SMILES string of the molecule is O=S(=O)(O/N=C/C1CCCCCCC1)c1ccccc1. The van der Waals surface area contributed by atoms with Gasteiger partial charge in [-0.15, -0.1) is 0 Å². The summed E-state index contributed by atoms with van der Waals surface area (Å²) < 4.78 is 28.5. The van der Waals surface area contributed by atoms with Gasteiger partial charge in [0.1, 0.15) is 4.90 Å². The smallest absolute Gasteiger partial charge is 0.265 e. The van der Waals surface area contributed by atoms with Crippen molar-refractivity contribution in [3.05, 3.63) is 30.3 Å². The van der Waals surface area contributed by atoms with Crippen LogP contribution < -0.4 is 0 Å². The highest BCUT2D eigenvalue weighted by atomic mass is 32.2. The Kier molecular flexibility index (Phi) is 5.59. The predicted octanol–water partition coefficient (Wildman–Crippen LogP) is 3.74. The van der Waals surface area contributed by atoms with Crippen LogP contribution in [0, 0.1) is 5.92 Å². The fourth-order valence-corrected chi connectivity index (χ4v) is 3.17. The Bertz CT molecular complexity index is 517. The number of benzene rings is 1. The zero-order valence-corrected chi connectivity index (χ0v) is 12.4. The van der Waals surface area contributed by atoms with Gasteiger partial charge in [0.25, 0.3) is 0 Å². The van der Waals surface area contributed by atoms with Gasteiger partial charge in [-0.2, -0.15) is 8.42 Å². The van der Waals surface area contributed by atoms with Crippen molar-refractivity contribution >= 4 is 16.3 Å². The fourth-order valence-electron chi connectivity index (χ4n) is 2.43. The highest BCUT2D eigenvalue weighted by Crippen LogP contribution is 2.21. The molecule has 0 aromatic heterocycles. The van der Waals surface area contributed by atoms with Crippen molar-refractivity contribution in [2.45, 2.75) is 49.8 Å². The van der Waals surface area contributed by atoms with Crippen LogP contribution in [0.5, 0.6) is 0 Å². The van der Waals surface area contributed by atoms with E-state index in [2.05, 4.69) is 5.16 Å². The second-order valence-corrected chi connectivity index (χ2v) is 6.73. The van der Waals surface area contributed by atoms with Gasteiger partial charge >= 0.3 is 10.1 Å². The number of oxime groups is 1. The second-order valence-electron chi connectivity index (χ2n) is 5.20. The standard InChI is InChI=1S/C15H21NO3S/c17-20(18,15-11-7-4-8-12-15)19-16-13-14-9-5-2-1-3-6-10-14/h4,7-8,11-14H,1-3,5-6,9-10H2/b16-13+. The summed E-state index contributed by atoms with van der Waals surface area (Å²) in [6, 6.07) is 8.08. The maximum absolute atomic E-state index is 11.9. The summed E-state index contributed by atoms with van der Waals surface area (Å²) in [6.45, 7) is 0. The maximum atomic E-state index is 11.9. The van der Waals surface area contributed by atoms with Crippen LogP contribution in [-0.4, -0.2) is 14.6 Å². The third-order valence-corrected chi connectivity index (χ3v) is 4.73. The maximum Gasteiger partial charge on any atom is 0.358 e. The van der Waals surface area contributed by atoms with E-state index in [1.54, 1.807) is 24.4 Å². The monoisotopic (exact) mass is 295 g/mol. The number of rotatable bonds is 4. The lowest BCUT2D eigenvalue weighted by atomic mass is 9.92. The van der Waals surface area contributed by atoms with Crippen LogP contribution in [0.3, 0.4) is 0 Å². The number of hydrogen-bond donors (Lipinski definition) is 0. The minimum atomic E-state index is -3.78. The van der Waals surface area contributed by atoms with Crippen molar-refractivity contribution in [2.24, 2.45) is 11.1 Å². The molecule has 1 saturated carbocycles. The molecule has 0 spiro atoms. The first-order valence-electron chi connectivity index (χ1n) is 7.21. The van der Waals surface area contributed by atoms with Crippen LogP contribution in [0.2, 0.25) is 0 Å². The third-order valence-electron chi connectivity index (χ3n) is 3.59. The summed E-state index contributed by atoms with van der Waals surface area (Å²) in [6.07, 6.45) is 9.98. The average molecular weight is 295 g/mol. The molecule has 0 unspecified atom stereocenters. The Morgan fingerprint density at radius 2 is 1.60 bits per heavy atom. The molecule has 0 saturated heterocycles. The summed E-state index contributed by atoms with van der Waals surface area (Å²) in [4.78, 5) is 0.134.